The number of hydrogen-bond acceptors (Lipinski definition) is 3. The fourth-order valence-electron chi connectivity index (χ4n) is 1.50. The van der Waals surface area contributed by atoms with E-state index in [1.807, 2.05) is 26.0 Å². The molecule has 0 bridgehead atoms. The molecule has 18 heavy (non-hydrogen) atoms. The Balaban J connectivity index is 2.27. The molecule has 0 saturated carbocycles. The third kappa shape index (κ3) is 3.28. The molecule has 0 radical (unpaired) electrons. The van der Waals surface area contributed by atoms with Gasteiger partial charge in [0.25, 0.3) is 0 Å². The van der Waals surface area contributed by atoms with Crippen LogP contribution < -0.4 is 0 Å². The summed E-state index contributed by atoms with van der Waals surface area (Å²) in [6, 6.07) is 7.16. The monoisotopic (exact) mass is 279 g/mol. The summed E-state index contributed by atoms with van der Waals surface area (Å²) in [5.74, 6) is 1.34. The highest BCUT2D eigenvalue weighted by molar-refractivity contribution is 6.42. The van der Waals surface area contributed by atoms with E-state index in [-0.39, 0.29) is 0 Å². The molecular weight excluding hydrogens is 269 g/mol. The van der Waals surface area contributed by atoms with Crippen molar-refractivity contribution in [1.82, 2.24) is 9.97 Å². The minimum atomic E-state index is 0.510. The van der Waals surface area contributed by atoms with E-state index in [1.54, 1.807) is 18.3 Å². The van der Waals surface area contributed by atoms with Gasteiger partial charge in [0.15, 0.2) is 5.82 Å². The maximum atomic E-state index is 5.93. The smallest absolute Gasteiger partial charge is 0.155 e. The Morgan fingerprint density at radius 3 is 2.50 bits per heavy atom. The molecule has 0 aliphatic heterocycles. The maximum absolute atomic E-state index is 5.93. The highest BCUT2D eigenvalue weighted by atomic mass is 35.5. The highest BCUT2D eigenvalue weighted by Crippen LogP contribution is 2.22. The average molecular weight is 280 g/mol. The molecule has 0 N–H and O–H groups in total. The van der Waals surface area contributed by atoms with Gasteiger partial charge in [-0.2, -0.15) is 0 Å². The average Bonchev–Trinajstić information content (AvgIpc) is 2.29. The quantitative estimate of drug-likeness (QED) is 0.775. The number of hydrogen-bond donors (Lipinski definition) is 0. The second-order valence-electron chi connectivity index (χ2n) is 3.85. The Kier molecular flexibility index (Phi) is 3.94. The van der Waals surface area contributed by atoms with Gasteiger partial charge in [-0.1, -0.05) is 29.3 Å². The molecule has 0 fully saturated rings. The standard InChI is InChI=1S/C13H11Cl2N3/c1-8-5-13(18-9(2)17-8)16-7-10-3-4-11(14)12(15)6-10/h3-7H,1-2H3. The van der Waals surface area contributed by atoms with E-state index in [2.05, 4.69) is 15.0 Å². The van der Waals surface area contributed by atoms with Gasteiger partial charge in [0, 0.05) is 18.0 Å². The van der Waals surface area contributed by atoms with Crippen molar-refractivity contribution in [2.45, 2.75) is 13.8 Å². The molecule has 0 aliphatic rings. The Labute approximate surface area is 116 Å². The van der Waals surface area contributed by atoms with E-state index in [4.69, 9.17) is 23.2 Å². The number of aliphatic imine (C=N–C) groups is 1. The van der Waals surface area contributed by atoms with Gasteiger partial charge in [-0.05, 0) is 31.5 Å². The largest absolute Gasteiger partial charge is 0.238 e. The van der Waals surface area contributed by atoms with Crippen molar-refractivity contribution in [3.05, 3.63) is 51.4 Å². The predicted octanol–water partition coefficient (Wildman–Crippen LogP) is 4.15. The van der Waals surface area contributed by atoms with Crippen LogP contribution in [0.2, 0.25) is 10.0 Å². The van der Waals surface area contributed by atoms with Crippen molar-refractivity contribution in [2.24, 2.45) is 4.99 Å². The summed E-state index contributed by atoms with van der Waals surface area (Å²) < 4.78 is 0. The zero-order valence-corrected chi connectivity index (χ0v) is 11.5. The van der Waals surface area contributed by atoms with Crippen molar-refractivity contribution >= 4 is 35.2 Å². The number of halogens is 2. The summed E-state index contributed by atoms with van der Waals surface area (Å²) in [6.45, 7) is 3.75. The molecule has 1 heterocycles. The van der Waals surface area contributed by atoms with Crippen LogP contribution in [-0.2, 0) is 0 Å². The first-order chi connectivity index (χ1) is 8.54. The topological polar surface area (TPSA) is 38.1 Å². The lowest BCUT2D eigenvalue weighted by Crippen LogP contribution is -1.90. The summed E-state index contributed by atoms with van der Waals surface area (Å²) >= 11 is 11.8. The van der Waals surface area contributed by atoms with Crippen LogP contribution in [0.25, 0.3) is 0 Å². The summed E-state index contributed by atoms with van der Waals surface area (Å²) in [7, 11) is 0. The van der Waals surface area contributed by atoms with Crippen molar-refractivity contribution in [3.63, 3.8) is 0 Å². The minimum Gasteiger partial charge on any atom is -0.238 e. The first kappa shape index (κ1) is 13.0. The number of benzene rings is 1. The number of rotatable bonds is 2. The molecule has 5 heteroatoms. The Morgan fingerprint density at radius 2 is 1.83 bits per heavy atom. The van der Waals surface area contributed by atoms with Crippen LogP contribution in [-0.4, -0.2) is 16.2 Å². The lowest BCUT2D eigenvalue weighted by molar-refractivity contribution is 1.01. The van der Waals surface area contributed by atoms with Gasteiger partial charge < -0.3 is 0 Å². The minimum absolute atomic E-state index is 0.510. The van der Waals surface area contributed by atoms with Gasteiger partial charge in [0.2, 0.25) is 0 Å². The van der Waals surface area contributed by atoms with Crippen LogP contribution in [0, 0.1) is 13.8 Å². The Hall–Kier alpha value is -1.45. The van der Waals surface area contributed by atoms with Gasteiger partial charge in [0.1, 0.15) is 5.82 Å². The normalized spacial score (nSPS) is 11.1. The Bertz CT molecular complexity index is 589. The van der Waals surface area contributed by atoms with E-state index in [9.17, 15) is 0 Å². The van der Waals surface area contributed by atoms with E-state index >= 15 is 0 Å². The zero-order chi connectivity index (χ0) is 13.1. The van der Waals surface area contributed by atoms with Crippen LogP contribution in [0.3, 0.4) is 0 Å². The molecule has 0 unspecified atom stereocenters. The number of aryl methyl sites for hydroxylation is 2. The summed E-state index contributed by atoms with van der Waals surface area (Å²) in [5, 5.41) is 1.04. The zero-order valence-electron chi connectivity index (χ0n) is 9.98. The molecule has 0 spiro atoms. The van der Waals surface area contributed by atoms with E-state index in [0.717, 1.165) is 11.3 Å². The van der Waals surface area contributed by atoms with Crippen molar-refractivity contribution < 1.29 is 0 Å². The lowest BCUT2D eigenvalue weighted by atomic mass is 10.2. The number of nitrogens with zero attached hydrogens (tertiary/aromatic N) is 3. The predicted molar refractivity (Wildman–Crippen MR) is 75.2 cm³/mol. The van der Waals surface area contributed by atoms with E-state index in [1.165, 1.54) is 0 Å². The lowest BCUT2D eigenvalue weighted by Gasteiger charge is -1.99. The second-order valence-corrected chi connectivity index (χ2v) is 4.66. The fraction of sp³-hybridized carbons (Fsp3) is 0.154. The Morgan fingerprint density at radius 1 is 1.06 bits per heavy atom. The van der Waals surface area contributed by atoms with Crippen LogP contribution in [0.4, 0.5) is 5.82 Å². The van der Waals surface area contributed by atoms with Crippen molar-refractivity contribution in [2.75, 3.05) is 0 Å². The fourth-order valence-corrected chi connectivity index (χ4v) is 1.80. The molecule has 3 nitrogen and oxygen atoms in total. The van der Waals surface area contributed by atoms with Crippen molar-refractivity contribution in [1.29, 1.82) is 0 Å². The van der Waals surface area contributed by atoms with Gasteiger partial charge >= 0.3 is 0 Å². The van der Waals surface area contributed by atoms with Crippen LogP contribution in [0.5, 0.6) is 0 Å². The summed E-state index contributed by atoms with van der Waals surface area (Å²) in [4.78, 5) is 12.7. The van der Waals surface area contributed by atoms with Gasteiger partial charge in [-0.3, -0.25) is 0 Å². The molecule has 0 atom stereocenters. The number of aromatic nitrogens is 2. The molecule has 0 amide bonds. The van der Waals surface area contributed by atoms with Crippen molar-refractivity contribution in [3.8, 4) is 0 Å². The van der Waals surface area contributed by atoms with Crippen LogP contribution >= 0.6 is 23.2 Å². The summed E-state index contributed by atoms with van der Waals surface area (Å²) in [6.07, 6.45) is 1.70. The third-order valence-electron chi connectivity index (χ3n) is 2.24. The van der Waals surface area contributed by atoms with Crippen LogP contribution in [0.1, 0.15) is 17.1 Å². The molecule has 0 aliphatic carbocycles. The third-order valence-corrected chi connectivity index (χ3v) is 2.98. The van der Waals surface area contributed by atoms with E-state index in [0.29, 0.717) is 21.7 Å². The van der Waals surface area contributed by atoms with Gasteiger partial charge in [0.05, 0.1) is 10.0 Å². The molecule has 92 valence electrons. The molecule has 0 saturated heterocycles. The van der Waals surface area contributed by atoms with E-state index < -0.39 is 0 Å². The maximum Gasteiger partial charge on any atom is 0.155 e. The van der Waals surface area contributed by atoms with Gasteiger partial charge in [-0.25, -0.2) is 15.0 Å². The molecular formula is C13H11Cl2N3. The highest BCUT2D eigenvalue weighted by Gasteiger charge is 1.99. The first-order valence-corrected chi connectivity index (χ1v) is 6.11. The molecule has 2 aromatic rings. The molecule has 2 rings (SSSR count). The molecule has 1 aromatic heterocycles. The molecule has 1 aromatic carbocycles. The second kappa shape index (κ2) is 5.46. The first-order valence-electron chi connectivity index (χ1n) is 5.36. The van der Waals surface area contributed by atoms with Gasteiger partial charge in [-0.15, -0.1) is 0 Å². The van der Waals surface area contributed by atoms with Crippen LogP contribution in [0.15, 0.2) is 29.3 Å². The summed E-state index contributed by atoms with van der Waals surface area (Å²) in [5.41, 5.74) is 1.77. The SMILES string of the molecule is Cc1cc(N=Cc2ccc(Cl)c(Cl)c2)nc(C)n1.